The molecular formula is C26H29BrN4O6S. The summed E-state index contributed by atoms with van der Waals surface area (Å²) in [7, 11) is 1.54. The van der Waals surface area contributed by atoms with Crippen LogP contribution in [0.1, 0.15) is 37.9 Å². The number of allylic oxidation sites excluding steroid dienone is 1. The van der Waals surface area contributed by atoms with Crippen LogP contribution in [0.3, 0.4) is 0 Å². The highest BCUT2D eigenvalue weighted by atomic mass is 79.9. The zero-order valence-corrected chi connectivity index (χ0v) is 23.8. The van der Waals surface area contributed by atoms with Crippen LogP contribution >= 0.6 is 28.1 Å². The van der Waals surface area contributed by atoms with Crippen molar-refractivity contribution < 1.29 is 28.5 Å². The minimum absolute atomic E-state index is 0.227. The molecule has 0 aliphatic carbocycles. The van der Waals surface area contributed by atoms with Crippen molar-refractivity contribution in [3.05, 3.63) is 63.3 Å². The molecule has 12 heteroatoms. The minimum Gasteiger partial charge on any atom is -0.493 e. The number of rotatable bonds is 11. The van der Waals surface area contributed by atoms with Crippen molar-refractivity contribution in [3.8, 4) is 17.2 Å². The maximum Gasteiger partial charge on any atom is 0.338 e. The van der Waals surface area contributed by atoms with E-state index in [1.807, 2.05) is 6.92 Å². The van der Waals surface area contributed by atoms with E-state index in [2.05, 4.69) is 37.1 Å². The molecule has 1 amide bonds. The van der Waals surface area contributed by atoms with Crippen molar-refractivity contribution in [2.45, 2.75) is 26.8 Å². The number of thiocarbonyl (C=S) groups is 1. The van der Waals surface area contributed by atoms with E-state index in [-0.39, 0.29) is 13.2 Å². The molecule has 38 heavy (non-hydrogen) atoms. The van der Waals surface area contributed by atoms with Gasteiger partial charge in [-0.1, -0.05) is 34.1 Å². The number of carbonyl (C=O) groups excluding carboxylic acids is 2. The zero-order valence-electron chi connectivity index (χ0n) is 21.4. The van der Waals surface area contributed by atoms with Gasteiger partial charge in [-0.2, -0.15) is 5.10 Å². The predicted octanol–water partition coefficient (Wildman–Crippen LogP) is 3.74. The molecule has 3 rings (SSSR count). The molecule has 202 valence electrons. The molecule has 0 unspecified atom stereocenters. The summed E-state index contributed by atoms with van der Waals surface area (Å²) in [6.45, 7) is 5.69. The normalized spacial score (nSPS) is 15.0. The molecule has 0 spiro atoms. The number of hydrogen-bond acceptors (Lipinski definition) is 8. The van der Waals surface area contributed by atoms with Crippen LogP contribution in [0.25, 0.3) is 0 Å². The highest BCUT2D eigenvalue weighted by Crippen LogP contribution is 2.35. The van der Waals surface area contributed by atoms with E-state index >= 15 is 0 Å². The van der Waals surface area contributed by atoms with Crippen LogP contribution in [0.15, 0.2) is 57.2 Å². The lowest BCUT2D eigenvalue weighted by atomic mass is 9.95. The lowest BCUT2D eigenvalue weighted by molar-refractivity contribution is -0.139. The van der Waals surface area contributed by atoms with Gasteiger partial charge in [-0.3, -0.25) is 4.79 Å². The molecule has 1 aliphatic heterocycles. The second kappa shape index (κ2) is 13.8. The Bertz CT molecular complexity index is 1270. The van der Waals surface area contributed by atoms with Crippen LogP contribution in [0.5, 0.6) is 17.2 Å². The van der Waals surface area contributed by atoms with Gasteiger partial charge in [0, 0.05) is 21.3 Å². The van der Waals surface area contributed by atoms with Crippen LogP contribution in [-0.2, 0) is 14.3 Å². The summed E-state index contributed by atoms with van der Waals surface area (Å²) in [4.78, 5) is 25.2. The van der Waals surface area contributed by atoms with E-state index in [0.29, 0.717) is 51.4 Å². The van der Waals surface area contributed by atoms with Gasteiger partial charge in [0.25, 0.3) is 5.91 Å². The van der Waals surface area contributed by atoms with Crippen LogP contribution in [0.4, 0.5) is 0 Å². The molecule has 0 saturated heterocycles. The Labute approximate surface area is 234 Å². The number of para-hydroxylation sites is 1. The average Bonchev–Trinajstić information content (AvgIpc) is 2.88. The third-order valence-corrected chi connectivity index (χ3v) is 5.98. The van der Waals surface area contributed by atoms with Crippen molar-refractivity contribution in [1.82, 2.24) is 16.1 Å². The lowest BCUT2D eigenvalue weighted by Gasteiger charge is -2.30. The van der Waals surface area contributed by atoms with Gasteiger partial charge in [0.15, 0.2) is 23.2 Å². The maximum absolute atomic E-state index is 12.7. The fourth-order valence-electron chi connectivity index (χ4n) is 3.74. The zero-order chi connectivity index (χ0) is 27.7. The molecule has 0 radical (unpaired) electrons. The van der Waals surface area contributed by atoms with Gasteiger partial charge >= 0.3 is 5.97 Å². The van der Waals surface area contributed by atoms with Crippen LogP contribution in [0.2, 0.25) is 0 Å². The number of methoxy groups -OCH3 is 1. The summed E-state index contributed by atoms with van der Waals surface area (Å²) in [5.74, 6) is 0.483. The standard InChI is InChI=1S/C26H29BrN4O6S/c1-5-35-24-16(11-17(27)12-20(24)34-4)13-28-31-21(32)14-37-19-10-8-7-9-18(19)23-22(25(33)36-6-2)15(3)29-26(38)30-23/h7-13,23H,5-6,14H2,1-4H3,(H,31,32)(H2,29,30,38)/t23-/m1/s1. The summed E-state index contributed by atoms with van der Waals surface area (Å²) in [6.07, 6.45) is 1.46. The van der Waals surface area contributed by atoms with E-state index in [1.165, 1.54) is 6.21 Å². The van der Waals surface area contributed by atoms with Crippen molar-refractivity contribution >= 4 is 51.4 Å². The molecule has 0 aromatic heterocycles. The van der Waals surface area contributed by atoms with Gasteiger partial charge in [-0.05, 0) is 51.2 Å². The molecule has 10 nitrogen and oxygen atoms in total. The summed E-state index contributed by atoms with van der Waals surface area (Å²) in [5.41, 5.74) is 4.64. The molecular weight excluding hydrogens is 576 g/mol. The molecule has 0 bridgehead atoms. The number of halogens is 1. The topological polar surface area (TPSA) is 120 Å². The number of hydrogen-bond donors (Lipinski definition) is 3. The van der Waals surface area contributed by atoms with E-state index in [0.717, 1.165) is 4.47 Å². The quantitative estimate of drug-likeness (QED) is 0.152. The predicted molar refractivity (Wildman–Crippen MR) is 150 cm³/mol. The van der Waals surface area contributed by atoms with Crippen LogP contribution < -0.4 is 30.3 Å². The van der Waals surface area contributed by atoms with Gasteiger partial charge in [-0.25, -0.2) is 10.2 Å². The van der Waals surface area contributed by atoms with Crippen molar-refractivity contribution in [3.63, 3.8) is 0 Å². The number of hydrazone groups is 1. The monoisotopic (exact) mass is 604 g/mol. The Morgan fingerprint density at radius 2 is 1.92 bits per heavy atom. The largest absolute Gasteiger partial charge is 0.493 e. The maximum atomic E-state index is 12.7. The number of amides is 1. The van der Waals surface area contributed by atoms with Crippen molar-refractivity contribution in [1.29, 1.82) is 0 Å². The first-order valence-electron chi connectivity index (χ1n) is 11.8. The van der Waals surface area contributed by atoms with Gasteiger partial charge in [0.05, 0.1) is 38.2 Å². The van der Waals surface area contributed by atoms with Gasteiger partial charge in [0.2, 0.25) is 0 Å². The Hall–Kier alpha value is -3.64. The Morgan fingerprint density at radius 1 is 1.16 bits per heavy atom. The molecule has 3 N–H and O–H groups in total. The second-order valence-corrected chi connectivity index (χ2v) is 9.19. The Kier molecular flexibility index (Phi) is 10.5. The Morgan fingerprint density at radius 3 is 2.63 bits per heavy atom. The molecule has 1 aliphatic rings. The fourth-order valence-corrected chi connectivity index (χ4v) is 4.47. The number of ether oxygens (including phenoxy) is 4. The lowest BCUT2D eigenvalue weighted by Crippen LogP contribution is -2.45. The number of carbonyl (C=O) groups is 2. The molecule has 1 atom stereocenters. The number of nitrogens with zero attached hydrogens (tertiary/aromatic N) is 1. The minimum atomic E-state index is -0.622. The summed E-state index contributed by atoms with van der Waals surface area (Å²) >= 11 is 8.73. The first kappa shape index (κ1) is 28.9. The molecule has 0 fully saturated rings. The number of nitrogens with one attached hydrogen (secondary N) is 3. The van der Waals surface area contributed by atoms with Crippen molar-refractivity contribution in [2.24, 2.45) is 5.10 Å². The third kappa shape index (κ3) is 7.23. The first-order chi connectivity index (χ1) is 18.3. The summed E-state index contributed by atoms with van der Waals surface area (Å²) in [6, 6.07) is 10.0. The van der Waals surface area contributed by atoms with Gasteiger partial charge in [-0.15, -0.1) is 0 Å². The van der Waals surface area contributed by atoms with Crippen LogP contribution in [-0.4, -0.2) is 50.1 Å². The average molecular weight is 606 g/mol. The SMILES string of the molecule is CCOC(=O)C1=C(C)NC(=S)N[C@@H]1c1ccccc1OCC(=O)NN=Cc1cc(Br)cc(OC)c1OCC. The van der Waals surface area contributed by atoms with Gasteiger partial charge in [0.1, 0.15) is 5.75 Å². The molecule has 2 aromatic carbocycles. The smallest absolute Gasteiger partial charge is 0.338 e. The molecule has 2 aromatic rings. The molecule has 1 heterocycles. The van der Waals surface area contributed by atoms with E-state index in [9.17, 15) is 9.59 Å². The highest BCUT2D eigenvalue weighted by molar-refractivity contribution is 9.10. The highest BCUT2D eigenvalue weighted by Gasteiger charge is 2.32. The fraction of sp³-hybridized carbons (Fsp3) is 0.308. The van der Waals surface area contributed by atoms with E-state index in [4.69, 9.17) is 31.2 Å². The number of esters is 1. The third-order valence-electron chi connectivity index (χ3n) is 5.30. The summed E-state index contributed by atoms with van der Waals surface area (Å²) in [5, 5.41) is 10.4. The van der Waals surface area contributed by atoms with Crippen LogP contribution in [0, 0.1) is 0 Å². The number of benzene rings is 2. The first-order valence-corrected chi connectivity index (χ1v) is 13.0. The summed E-state index contributed by atoms with van der Waals surface area (Å²) < 4.78 is 22.9. The molecule has 0 saturated carbocycles. The van der Waals surface area contributed by atoms with Crippen molar-refractivity contribution in [2.75, 3.05) is 26.9 Å². The van der Waals surface area contributed by atoms with E-state index in [1.54, 1.807) is 57.4 Å². The second-order valence-electron chi connectivity index (χ2n) is 7.87. The van der Waals surface area contributed by atoms with Gasteiger partial charge < -0.3 is 29.6 Å². The Balaban J connectivity index is 1.73. The van der Waals surface area contributed by atoms with E-state index < -0.39 is 17.9 Å².